The SMILES string of the molecule is COc1ccc(-c2cnc(CCC(C)=O)[nH]2)cc1. The molecule has 0 radical (unpaired) electrons. The molecule has 4 heteroatoms. The van der Waals surface area contributed by atoms with Crippen molar-refractivity contribution in [3.63, 3.8) is 0 Å². The van der Waals surface area contributed by atoms with E-state index in [2.05, 4.69) is 9.97 Å². The van der Waals surface area contributed by atoms with Gasteiger partial charge in [-0.25, -0.2) is 4.98 Å². The summed E-state index contributed by atoms with van der Waals surface area (Å²) >= 11 is 0. The van der Waals surface area contributed by atoms with E-state index in [1.807, 2.05) is 24.3 Å². The van der Waals surface area contributed by atoms with Gasteiger partial charge < -0.3 is 14.5 Å². The standard InChI is InChI=1S/C14H16N2O2/c1-10(17)3-8-14-15-9-13(16-14)11-4-6-12(18-2)7-5-11/h4-7,9H,3,8H2,1-2H3,(H,15,16). The lowest BCUT2D eigenvalue weighted by Gasteiger charge is -2.01. The van der Waals surface area contributed by atoms with E-state index in [1.54, 1.807) is 20.2 Å². The molecule has 0 aliphatic heterocycles. The number of carbonyl (C=O) groups is 1. The van der Waals surface area contributed by atoms with Gasteiger partial charge in [0.05, 0.1) is 19.0 Å². The Morgan fingerprint density at radius 1 is 1.33 bits per heavy atom. The van der Waals surface area contributed by atoms with Crippen LogP contribution in [-0.4, -0.2) is 22.9 Å². The molecular formula is C14H16N2O2. The maximum absolute atomic E-state index is 10.9. The summed E-state index contributed by atoms with van der Waals surface area (Å²) in [6, 6.07) is 7.76. The number of methoxy groups -OCH3 is 1. The van der Waals surface area contributed by atoms with Crippen LogP contribution in [0, 0.1) is 0 Å². The number of ether oxygens (including phenoxy) is 1. The molecule has 18 heavy (non-hydrogen) atoms. The van der Waals surface area contributed by atoms with Crippen molar-refractivity contribution >= 4 is 5.78 Å². The number of imidazole rings is 1. The third-order valence-corrected chi connectivity index (χ3v) is 2.74. The summed E-state index contributed by atoms with van der Waals surface area (Å²) in [5.41, 5.74) is 2.01. The number of Topliss-reactive ketones (excluding diaryl/α,β-unsaturated/α-hetero) is 1. The third kappa shape index (κ3) is 2.97. The molecule has 0 amide bonds. The Kier molecular flexibility index (Phi) is 3.77. The van der Waals surface area contributed by atoms with E-state index in [9.17, 15) is 4.79 Å². The molecule has 2 rings (SSSR count). The first-order chi connectivity index (χ1) is 8.69. The molecule has 0 unspecified atom stereocenters. The Balaban J connectivity index is 2.10. The second-order valence-electron chi connectivity index (χ2n) is 4.17. The molecule has 2 aromatic rings. The minimum Gasteiger partial charge on any atom is -0.497 e. The number of H-pyrrole nitrogens is 1. The number of nitrogens with zero attached hydrogens (tertiary/aromatic N) is 1. The van der Waals surface area contributed by atoms with Gasteiger partial charge in [-0.15, -0.1) is 0 Å². The van der Waals surface area contributed by atoms with Crippen molar-refractivity contribution in [1.82, 2.24) is 9.97 Å². The predicted molar refractivity (Wildman–Crippen MR) is 69.6 cm³/mol. The smallest absolute Gasteiger partial charge is 0.130 e. The van der Waals surface area contributed by atoms with Gasteiger partial charge >= 0.3 is 0 Å². The number of rotatable bonds is 5. The van der Waals surface area contributed by atoms with E-state index < -0.39 is 0 Å². The number of benzene rings is 1. The Labute approximate surface area is 106 Å². The number of carbonyl (C=O) groups excluding carboxylic acids is 1. The fourth-order valence-corrected chi connectivity index (χ4v) is 1.70. The van der Waals surface area contributed by atoms with E-state index in [-0.39, 0.29) is 5.78 Å². The Hall–Kier alpha value is -2.10. The van der Waals surface area contributed by atoms with Gasteiger partial charge in [-0.2, -0.15) is 0 Å². The molecule has 0 aliphatic carbocycles. The van der Waals surface area contributed by atoms with E-state index >= 15 is 0 Å². The highest BCUT2D eigenvalue weighted by Crippen LogP contribution is 2.20. The van der Waals surface area contributed by atoms with Gasteiger partial charge in [0.2, 0.25) is 0 Å². The molecule has 1 aromatic heterocycles. The molecule has 0 bridgehead atoms. The number of hydrogen-bond donors (Lipinski definition) is 1. The normalized spacial score (nSPS) is 10.3. The van der Waals surface area contributed by atoms with Crippen molar-refractivity contribution in [2.45, 2.75) is 19.8 Å². The van der Waals surface area contributed by atoms with Crippen LogP contribution in [0.1, 0.15) is 19.2 Å². The summed E-state index contributed by atoms with van der Waals surface area (Å²) in [6.45, 7) is 1.59. The second kappa shape index (κ2) is 5.49. The number of ketones is 1. The van der Waals surface area contributed by atoms with Gasteiger partial charge in [-0.05, 0) is 36.8 Å². The van der Waals surface area contributed by atoms with Crippen LogP contribution in [0.5, 0.6) is 5.75 Å². The van der Waals surface area contributed by atoms with Gasteiger partial charge in [0, 0.05) is 12.8 Å². The van der Waals surface area contributed by atoms with Crippen molar-refractivity contribution in [2.75, 3.05) is 7.11 Å². The third-order valence-electron chi connectivity index (χ3n) is 2.74. The summed E-state index contributed by atoms with van der Waals surface area (Å²) in [7, 11) is 1.64. The van der Waals surface area contributed by atoms with E-state index in [0.717, 1.165) is 22.8 Å². The lowest BCUT2D eigenvalue weighted by molar-refractivity contribution is -0.117. The Bertz CT molecular complexity index is 529. The molecule has 4 nitrogen and oxygen atoms in total. The summed E-state index contributed by atoms with van der Waals surface area (Å²) in [5.74, 6) is 1.85. The zero-order chi connectivity index (χ0) is 13.0. The second-order valence-corrected chi connectivity index (χ2v) is 4.17. The number of nitrogens with one attached hydrogen (secondary N) is 1. The van der Waals surface area contributed by atoms with Crippen molar-refractivity contribution in [3.8, 4) is 17.0 Å². The highest BCUT2D eigenvalue weighted by Gasteiger charge is 2.04. The van der Waals surface area contributed by atoms with Crippen molar-refractivity contribution in [1.29, 1.82) is 0 Å². The monoisotopic (exact) mass is 244 g/mol. The molecular weight excluding hydrogens is 228 g/mol. The zero-order valence-electron chi connectivity index (χ0n) is 10.6. The van der Waals surface area contributed by atoms with Gasteiger partial charge in [-0.1, -0.05) is 0 Å². The number of aromatic amines is 1. The average molecular weight is 244 g/mol. The molecule has 1 aromatic carbocycles. The van der Waals surface area contributed by atoms with Crippen LogP contribution in [0.15, 0.2) is 30.5 Å². The van der Waals surface area contributed by atoms with Crippen molar-refractivity contribution < 1.29 is 9.53 Å². The van der Waals surface area contributed by atoms with Crippen LogP contribution in [0.3, 0.4) is 0 Å². The minimum atomic E-state index is 0.178. The average Bonchev–Trinajstić information content (AvgIpc) is 2.85. The first kappa shape index (κ1) is 12.4. The molecule has 0 fully saturated rings. The molecule has 0 saturated heterocycles. The summed E-state index contributed by atoms with van der Waals surface area (Å²) < 4.78 is 5.11. The quantitative estimate of drug-likeness (QED) is 0.879. The minimum absolute atomic E-state index is 0.178. The van der Waals surface area contributed by atoms with E-state index in [0.29, 0.717) is 12.8 Å². The van der Waals surface area contributed by atoms with Crippen molar-refractivity contribution in [3.05, 3.63) is 36.3 Å². The maximum Gasteiger partial charge on any atom is 0.130 e. The molecule has 0 spiro atoms. The van der Waals surface area contributed by atoms with Crippen molar-refractivity contribution in [2.24, 2.45) is 0 Å². The highest BCUT2D eigenvalue weighted by molar-refractivity contribution is 5.75. The van der Waals surface area contributed by atoms with Crippen LogP contribution in [0.4, 0.5) is 0 Å². The number of aromatic nitrogens is 2. The molecule has 0 aliphatic rings. The fourth-order valence-electron chi connectivity index (χ4n) is 1.70. The highest BCUT2D eigenvalue weighted by atomic mass is 16.5. The van der Waals surface area contributed by atoms with Crippen LogP contribution in [0.25, 0.3) is 11.3 Å². The van der Waals surface area contributed by atoms with Crippen LogP contribution in [-0.2, 0) is 11.2 Å². The molecule has 1 N–H and O–H groups in total. The van der Waals surface area contributed by atoms with Gasteiger partial charge in [0.15, 0.2) is 0 Å². The molecule has 0 atom stereocenters. The van der Waals surface area contributed by atoms with Crippen LogP contribution in [0.2, 0.25) is 0 Å². The lowest BCUT2D eigenvalue weighted by atomic mass is 10.1. The fraction of sp³-hybridized carbons (Fsp3) is 0.286. The Morgan fingerprint density at radius 2 is 2.06 bits per heavy atom. The lowest BCUT2D eigenvalue weighted by Crippen LogP contribution is -1.95. The van der Waals surface area contributed by atoms with Crippen LogP contribution < -0.4 is 4.74 Å². The summed E-state index contributed by atoms with van der Waals surface area (Å²) in [6.07, 6.45) is 2.97. The molecule has 94 valence electrons. The first-order valence-electron chi connectivity index (χ1n) is 5.87. The molecule has 1 heterocycles. The Morgan fingerprint density at radius 3 is 2.67 bits per heavy atom. The topological polar surface area (TPSA) is 55.0 Å². The van der Waals surface area contributed by atoms with Gasteiger partial charge in [0.1, 0.15) is 17.4 Å². The van der Waals surface area contributed by atoms with Crippen LogP contribution >= 0.6 is 0 Å². The largest absolute Gasteiger partial charge is 0.497 e. The molecule has 0 saturated carbocycles. The summed E-state index contributed by atoms with van der Waals surface area (Å²) in [5, 5.41) is 0. The van der Waals surface area contributed by atoms with Gasteiger partial charge in [-0.3, -0.25) is 0 Å². The van der Waals surface area contributed by atoms with E-state index in [1.165, 1.54) is 0 Å². The zero-order valence-corrected chi connectivity index (χ0v) is 10.6. The predicted octanol–water partition coefficient (Wildman–Crippen LogP) is 2.61. The van der Waals surface area contributed by atoms with Gasteiger partial charge in [0.25, 0.3) is 0 Å². The number of hydrogen-bond acceptors (Lipinski definition) is 3. The first-order valence-corrected chi connectivity index (χ1v) is 5.87. The van der Waals surface area contributed by atoms with E-state index in [4.69, 9.17) is 4.74 Å². The number of aryl methyl sites for hydroxylation is 1. The maximum atomic E-state index is 10.9. The summed E-state index contributed by atoms with van der Waals surface area (Å²) in [4.78, 5) is 18.4.